The molecule has 2 amide bonds. The van der Waals surface area contributed by atoms with E-state index in [2.05, 4.69) is 29.6 Å². The van der Waals surface area contributed by atoms with Crippen LogP contribution in [0.15, 0.2) is 84.0 Å². The molecular weight excluding hydrogens is 470 g/mol. The average molecular weight is 502 g/mol. The fraction of sp³-hybridized carbons (Fsp3) is 0.276. The molecule has 1 fully saturated rings. The Morgan fingerprint density at radius 1 is 1.08 bits per heavy atom. The van der Waals surface area contributed by atoms with E-state index in [0.29, 0.717) is 24.5 Å². The molecule has 1 heterocycles. The zero-order chi connectivity index (χ0) is 25.2. The lowest BCUT2D eigenvalue weighted by molar-refractivity contribution is -0.128. The number of nitrogens with zero attached hydrogens (tertiary/aromatic N) is 2. The summed E-state index contributed by atoms with van der Waals surface area (Å²) in [6, 6.07) is 25.2. The van der Waals surface area contributed by atoms with E-state index in [1.807, 2.05) is 59.5 Å². The van der Waals surface area contributed by atoms with Crippen molar-refractivity contribution in [2.24, 2.45) is 5.10 Å². The molecule has 0 radical (unpaired) electrons. The van der Waals surface area contributed by atoms with Crippen molar-refractivity contribution >= 4 is 29.8 Å². The van der Waals surface area contributed by atoms with Crippen LogP contribution in [0.1, 0.15) is 52.2 Å². The first-order valence-electron chi connectivity index (χ1n) is 12.3. The average Bonchev–Trinajstić information content (AvgIpc) is 3.29. The minimum Gasteiger partial charge on any atom is -0.494 e. The monoisotopic (exact) mass is 501 g/mol. The van der Waals surface area contributed by atoms with Crippen molar-refractivity contribution in [3.05, 3.63) is 101 Å². The van der Waals surface area contributed by atoms with Crippen molar-refractivity contribution in [3.63, 3.8) is 0 Å². The number of hydrogen-bond donors (Lipinski definition) is 1. The van der Waals surface area contributed by atoms with Crippen molar-refractivity contribution in [1.29, 1.82) is 0 Å². The lowest BCUT2D eigenvalue weighted by Crippen LogP contribution is -2.30. The molecular formula is C29H31N3O3S. The van der Waals surface area contributed by atoms with E-state index in [9.17, 15) is 9.59 Å². The molecule has 7 heteroatoms. The third kappa shape index (κ3) is 6.98. The number of rotatable bonds is 11. The molecule has 0 unspecified atom stereocenters. The molecule has 36 heavy (non-hydrogen) atoms. The molecule has 1 aliphatic rings. The number of carbonyl (C=O) groups excluding carboxylic acids is 2. The summed E-state index contributed by atoms with van der Waals surface area (Å²) in [5.41, 5.74) is 6.19. The number of thioether (sulfide) groups is 1. The third-order valence-electron chi connectivity index (χ3n) is 5.94. The summed E-state index contributed by atoms with van der Waals surface area (Å²) < 4.78 is 5.66. The van der Waals surface area contributed by atoms with Crippen molar-refractivity contribution in [1.82, 2.24) is 10.3 Å². The van der Waals surface area contributed by atoms with Gasteiger partial charge >= 0.3 is 0 Å². The van der Waals surface area contributed by atoms with Crippen LogP contribution in [-0.4, -0.2) is 41.8 Å². The van der Waals surface area contributed by atoms with Gasteiger partial charge in [0.05, 0.1) is 18.6 Å². The molecule has 1 atom stereocenters. The Bertz CT molecular complexity index is 1160. The van der Waals surface area contributed by atoms with Crippen LogP contribution in [0.4, 0.5) is 0 Å². The van der Waals surface area contributed by atoms with Crippen LogP contribution in [0.2, 0.25) is 0 Å². The largest absolute Gasteiger partial charge is 0.494 e. The minimum absolute atomic E-state index is 0.0368. The molecule has 0 bridgehead atoms. The molecule has 1 saturated heterocycles. The molecule has 3 aromatic rings. The molecule has 3 aromatic carbocycles. The summed E-state index contributed by atoms with van der Waals surface area (Å²) in [6.07, 6.45) is 4.55. The summed E-state index contributed by atoms with van der Waals surface area (Å²) >= 11 is 1.62. The summed E-state index contributed by atoms with van der Waals surface area (Å²) in [6.45, 7) is 3.51. The van der Waals surface area contributed by atoms with Gasteiger partial charge in [-0.05, 0) is 65.9 Å². The van der Waals surface area contributed by atoms with Crippen LogP contribution in [-0.2, 0) is 11.2 Å². The van der Waals surface area contributed by atoms with Crippen molar-refractivity contribution in [3.8, 4) is 5.75 Å². The Balaban J connectivity index is 1.30. The van der Waals surface area contributed by atoms with Gasteiger partial charge in [-0.2, -0.15) is 5.10 Å². The Hall–Kier alpha value is -3.58. The van der Waals surface area contributed by atoms with Gasteiger partial charge in [0.15, 0.2) is 0 Å². The SMILES string of the molecule is CCCCOc1ccc(/C=N\NC(=O)c2ccc([C@@H]3SCC(=O)N3CCc3ccccc3)cc2)cc1. The summed E-state index contributed by atoms with van der Waals surface area (Å²) in [5.74, 6) is 1.17. The van der Waals surface area contributed by atoms with Crippen LogP contribution >= 0.6 is 11.8 Å². The third-order valence-corrected chi connectivity index (χ3v) is 7.19. The fourth-order valence-corrected chi connectivity index (χ4v) is 5.10. The highest BCUT2D eigenvalue weighted by molar-refractivity contribution is 8.00. The maximum atomic E-state index is 12.5. The summed E-state index contributed by atoms with van der Waals surface area (Å²) in [5, 5.41) is 4.04. The first-order valence-corrected chi connectivity index (χ1v) is 13.3. The Labute approximate surface area is 216 Å². The predicted octanol–water partition coefficient (Wildman–Crippen LogP) is 5.45. The molecule has 186 valence electrons. The van der Waals surface area contributed by atoms with Crippen molar-refractivity contribution < 1.29 is 14.3 Å². The first-order chi connectivity index (χ1) is 17.6. The molecule has 0 spiro atoms. The van der Waals surface area contributed by atoms with Gasteiger partial charge in [0.1, 0.15) is 11.1 Å². The molecule has 1 aliphatic heterocycles. The molecule has 6 nitrogen and oxygen atoms in total. The Morgan fingerprint density at radius 3 is 2.56 bits per heavy atom. The normalized spacial score (nSPS) is 15.4. The molecule has 4 rings (SSSR count). The number of carbonyl (C=O) groups is 2. The highest BCUT2D eigenvalue weighted by atomic mass is 32.2. The molecule has 1 N–H and O–H groups in total. The van der Waals surface area contributed by atoms with Crippen LogP contribution in [0.25, 0.3) is 0 Å². The standard InChI is InChI=1S/C29H31N3O3S/c1-2-3-19-35-26-15-9-23(10-16-26)20-30-31-28(34)24-11-13-25(14-12-24)29-32(27(33)21-36-29)18-17-22-7-5-4-6-8-22/h4-16,20,29H,2-3,17-19,21H2,1H3,(H,31,34)/b30-20-/t29-/m0/s1. The second kappa shape index (κ2) is 12.9. The first kappa shape index (κ1) is 25.5. The van der Waals surface area contributed by atoms with Crippen LogP contribution in [0, 0.1) is 0 Å². The van der Waals surface area contributed by atoms with Gasteiger partial charge < -0.3 is 9.64 Å². The smallest absolute Gasteiger partial charge is 0.271 e. The number of benzene rings is 3. The number of hydrazone groups is 1. The van der Waals surface area contributed by atoms with E-state index >= 15 is 0 Å². The van der Waals surface area contributed by atoms with E-state index in [-0.39, 0.29) is 17.2 Å². The summed E-state index contributed by atoms with van der Waals surface area (Å²) in [4.78, 5) is 26.9. The molecule has 0 aromatic heterocycles. The van der Waals surface area contributed by atoms with Crippen molar-refractivity contribution in [2.45, 2.75) is 31.6 Å². The lowest BCUT2D eigenvalue weighted by atomic mass is 10.1. The molecule has 0 saturated carbocycles. The number of nitrogens with one attached hydrogen (secondary N) is 1. The number of ether oxygens (including phenoxy) is 1. The predicted molar refractivity (Wildman–Crippen MR) is 145 cm³/mol. The van der Waals surface area contributed by atoms with Gasteiger partial charge in [-0.25, -0.2) is 5.43 Å². The van der Waals surface area contributed by atoms with Gasteiger partial charge in [0.2, 0.25) is 5.91 Å². The minimum atomic E-state index is -0.284. The number of hydrogen-bond acceptors (Lipinski definition) is 5. The highest BCUT2D eigenvalue weighted by Crippen LogP contribution is 2.38. The van der Waals surface area contributed by atoms with Gasteiger partial charge in [-0.15, -0.1) is 11.8 Å². The highest BCUT2D eigenvalue weighted by Gasteiger charge is 2.32. The van der Waals surface area contributed by atoms with E-state index in [0.717, 1.165) is 36.1 Å². The topological polar surface area (TPSA) is 71.0 Å². The van der Waals surface area contributed by atoms with E-state index in [1.54, 1.807) is 30.1 Å². The van der Waals surface area contributed by atoms with Gasteiger partial charge in [0, 0.05) is 12.1 Å². The maximum Gasteiger partial charge on any atom is 0.271 e. The van der Waals surface area contributed by atoms with Gasteiger partial charge in [-0.1, -0.05) is 55.8 Å². The number of amides is 2. The zero-order valence-corrected chi connectivity index (χ0v) is 21.2. The quantitative estimate of drug-likeness (QED) is 0.216. The van der Waals surface area contributed by atoms with Gasteiger partial charge in [-0.3, -0.25) is 9.59 Å². The van der Waals surface area contributed by atoms with E-state index < -0.39 is 0 Å². The van der Waals surface area contributed by atoms with E-state index in [1.165, 1.54) is 5.56 Å². The Kier molecular flexibility index (Phi) is 9.16. The van der Waals surface area contributed by atoms with Crippen LogP contribution in [0.5, 0.6) is 5.75 Å². The number of unbranched alkanes of at least 4 members (excludes halogenated alkanes) is 1. The molecule has 0 aliphatic carbocycles. The van der Waals surface area contributed by atoms with Crippen LogP contribution < -0.4 is 10.2 Å². The second-order valence-electron chi connectivity index (χ2n) is 8.58. The van der Waals surface area contributed by atoms with Crippen LogP contribution in [0.3, 0.4) is 0 Å². The Morgan fingerprint density at radius 2 is 1.83 bits per heavy atom. The van der Waals surface area contributed by atoms with E-state index in [4.69, 9.17) is 4.74 Å². The summed E-state index contributed by atoms with van der Waals surface area (Å²) in [7, 11) is 0. The van der Waals surface area contributed by atoms with Crippen molar-refractivity contribution in [2.75, 3.05) is 18.9 Å². The second-order valence-corrected chi connectivity index (χ2v) is 9.65. The van der Waals surface area contributed by atoms with Gasteiger partial charge in [0.25, 0.3) is 5.91 Å². The fourth-order valence-electron chi connectivity index (χ4n) is 3.88. The lowest BCUT2D eigenvalue weighted by Gasteiger charge is -2.24. The zero-order valence-electron chi connectivity index (χ0n) is 20.4. The maximum absolute atomic E-state index is 12.5.